The molecule has 2 rings (SSSR count). The van der Waals surface area contributed by atoms with Crippen LogP contribution in [0.5, 0.6) is 5.75 Å². The molecule has 0 aliphatic carbocycles. The Kier molecular flexibility index (Phi) is 3.74. The highest BCUT2D eigenvalue weighted by atomic mass is 19.3. The van der Waals surface area contributed by atoms with Crippen LogP contribution in [0.4, 0.5) is 13.6 Å². The minimum absolute atomic E-state index is 0.113. The molecule has 0 aromatic heterocycles. The maximum Gasteiger partial charge on any atom is 0.387 e. The number of nitrogens with one attached hydrogen (secondary N) is 2. The van der Waals surface area contributed by atoms with Crippen molar-refractivity contribution in [3.63, 3.8) is 0 Å². The highest BCUT2D eigenvalue weighted by molar-refractivity contribution is 6.31. The summed E-state index contributed by atoms with van der Waals surface area (Å²) >= 11 is 0. The van der Waals surface area contributed by atoms with Crippen LogP contribution in [0.1, 0.15) is 5.56 Å². The van der Waals surface area contributed by atoms with Crippen LogP contribution in [0.2, 0.25) is 0 Å². The molecule has 2 N–H and O–H groups in total. The van der Waals surface area contributed by atoms with Crippen LogP contribution in [0, 0.1) is 0 Å². The third-order valence-corrected chi connectivity index (χ3v) is 2.38. The second-order valence-corrected chi connectivity index (χ2v) is 3.71. The first-order valence-corrected chi connectivity index (χ1v) is 5.39. The number of benzene rings is 1. The summed E-state index contributed by atoms with van der Waals surface area (Å²) in [5.74, 6) is -2.01. The molecule has 0 atom stereocenters. The Morgan fingerprint density at radius 3 is 2.25 bits per heavy atom. The third kappa shape index (κ3) is 2.97. The van der Waals surface area contributed by atoms with Crippen molar-refractivity contribution in [2.24, 2.45) is 0 Å². The van der Waals surface area contributed by atoms with Gasteiger partial charge in [-0.2, -0.15) is 8.78 Å². The average molecular weight is 282 g/mol. The number of hydrogen-bond donors (Lipinski definition) is 2. The molecule has 1 aromatic rings. The maximum absolute atomic E-state index is 12.2. The van der Waals surface area contributed by atoms with Crippen molar-refractivity contribution in [1.29, 1.82) is 0 Å². The Balaban J connectivity index is 2.37. The lowest BCUT2D eigenvalue weighted by atomic mass is 10.1. The van der Waals surface area contributed by atoms with E-state index in [9.17, 15) is 23.2 Å². The molecule has 0 saturated carbocycles. The van der Waals surface area contributed by atoms with Gasteiger partial charge in [0.1, 0.15) is 11.3 Å². The Bertz CT molecular complexity index is 591. The Labute approximate surface area is 111 Å². The van der Waals surface area contributed by atoms with Gasteiger partial charge in [-0.05, 0) is 12.1 Å². The molecule has 1 fully saturated rings. The van der Waals surface area contributed by atoms with Gasteiger partial charge in [-0.25, -0.2) is 4.79 Å². The van der Waals surface area contributed by atoms with Crippen LogP contribution in [0.3, 0.4) is 0 Å². The normalized spacial score (nSPS) is 14.9. The number of halogens is 2. The largest absolute Gasteiger partial charge is 0.434 e. The van der Waals surface area contributed by atoms with Gasteiger partial charge in [0.25, 0.3) is 11.8 Å². The van der Waals surface area contributed by atoms with E-state index in [1.54, 1.807) is 0 Å². The molecule has 1 heterocycles. The lowest BCUT2D eigenvalue weighted by Gasteiger charge is -2.14. The highest BCUT2D eigenvalue weighted by Gasteiger charge is 2.28. The van der Waals surface area contributed by atoms with Gasteiger partial charge in [-0.15, -0.1) is 0 Å². The zero-order valence-electron chi connectivity index (χ0n) is 9.85. The number of rotatable bonds is 3. The van der Waals surface area contributed by atoms with Crippen LogP contribution >= 0.6 is 0 Å². The maximum atomic E-state index is 12.2. The predicted molar refractivity (Wildman–Crippen MR) is 62.7 cm³/mol. The molecule has 6 nitrogen and oxygen atoms in total. The SMILES string of the molecule is O=C1NC(=O)C(=Cc2ccccc2OC(F)F)C(=O)N1. The Morgan fingerprint density at radius 2 is 1.65 bits per heavy atom. The smallest absolute Gasteiger partial charge is 0.387 e. The molecule has 0 unspecified atom stereocenters. The molecule has 4 amide bonds. The number of carbonyl (C=O) groups is 3. The number of para-hydroxylation sites is 1. The molecule has 0 radical (unpaired) electrons. The zero-order valence-corrected chi connectivity index (χ0v) is 9.85. The number of barbiturate groups is 1. The molecule has 1 aliphatic heterocycles. The van der Waals surface area contributed by atoms with Crippen molar-refractivity contribution in [3.8, 4) is 5.75 Å². The van der Waals surface area contributed by atoms with Crippen molar-refractivity contribution in [2.75, 3.05) is 0 Å². The topological polar surface area (TPSA) is 84.5 Å². The molecule has 8 heteroatoms. The van der Waals surface area contributed by atoms with Crippen molar-refractivity contribution >= 4 is 23.9 Å². The van der Waals surface area contributed by atoms with E-state index in [-0.39, 0.29) is 16.9 Å². The molecule has 1 saturated heterocycles. The van der Waals surface area contributed by atoms with Crippen LogP contribution < -0.4 is 15.4 Å². The average Bonchev–Trinajstić information content (AvgIpc) is 2.34. The fourth-order valence-corrected chi connectivity index (χ4v) is 1.56. The van der Waals surface area contributed by atoms with E-state index >= 15 is 0 Å². The highest BCUT2D eigenvalue weighted by Crippen LogP contribution is 2.23. The van der Waals surface area contributed by atoms with Gasteiger partial charge in [0.15, 0.2) is 0 Å². The molecule has 104 valence electrons. The fourth-order valence-electron chi connectivity index (χ4n) is 1.56. The van der Waals surface area contributed by atoms with E-state index in [2.05, 4.69) is 4.74 Å². The summed E-state index contributed by atoms with van der Waals surface area (Å²) in [6.07, 6.45) is 1.06. The van der Waals surface area contributed by atoms with E-state index in [1.807, 2.05) is 10.6 Å². The Hall–Kier alpha value is -2.77. The predicted octanol–water partition coefficient (Wildman–Crippen LogP) is 1.04. The number of carbonyl (C=O) groups excluding carboxylic acids is 3. The summed E-state index contributed by atoms with van der Waals surface area (Å²) < 4.78 is 28.7. The number of hydrogen-bond acceptors (Lipinski definition) is 4. The molecule has 0 spiro atoms. The monoisotopic (exact) mass is 282 g/mol. The molecule has 20 heavy (non-hydrogen) atoms. The van der Waals surface area contributed by atoms with E-state index in [4.69, 9.17) is 0 Å². The van der Waals surface area contributed by atoms with Gasteiger partial charge in [-0.1, -0.05) is 18.2 Å². The molecule has 0 bridgehead atoms. The molecule has 1 aliphatic rings. The quantitative estimate of drug-likeness (QED) is 0.640. The van der Waals surface area contributed by atoms with Crippen molar-refractivity contribution in [3.05, 3.63) is 35.4 Å². The summed E-state index contributed by atoms with van der Waals surface area (Å²) in [6, 6.07) is 4.71. The van der Waals surface area contributed by atoms with Crippen LogP contribution in [-0.2, 0) is 9.59 Å². The number of ether oxygens (including phenoxy) is 1. The lowest BCUT2D eigenvalue weighted by molar-refractivity contribution is -0.123. The molecule has 1 aromatic carbocycles. The van der Waals surface area contributed by atoms with Gasteiger partial charge in [-0.3, -0.25) is 20.2 Å². The van der Waals surface area contributed by atoms with Crippen LogP contribution in [0.15, 0.2) is 29.8 Å². The second-order valence-electron chi connectivity index (χ2n) is 3.71. The number of urea groups is 1. The van der Waals surface area contributed by atoms with Gasteiger partial charge in [0, 0.05) is 5.56 Å². The first-order valence-electron chi connectivity index (χ1n) is 5.39. The van der Waals surface area contributed by atoms with Gasteiger partial charge in [0.05, 0.1) is 0 Å². The van der Waals surface area contributed by atoms with Gasteiger partial charge >= 0.3 is 12.6 Å². The summed E-state index contributed by atoms with van der Waals surface area (Å²) in [5.41, 5.74) is -0.266. The minimum Gasteiger partial charge on any atom is -0.434 e. The van der Waals surface area contributed by atoms with Crippen molar-refractivity contribution < 1.29 is 27.9 Å². The van der Waals surface area contributed by atoms with E-state index in [1.165, 1.54) is 24.3 Å². The molecular weight excluding hydrogens is 274 g/mol. The van der Waals surface area contributed by atoms with Crippen molar-refractivity contribution in [1.82, 2.24) is 10.6 Å². The van der Waals surface area contributed by atoms with Gasteiger partial charge < -0.3 is 4.74 Å². The molecular formula is C12H8F2N2O4. The standard InChI is InChI=1S/C12H8F2N2O4/c13-11(14)20-8-4-2-1-3-6(8)5-7-9(17)15-12(19)16-10(7)18/h1-5,11H,(H2,15,16,17,18,19). The van der Waals surface area contributed by atoms with E-state index in [0.29, 0.717) is 0 Å². The van der Waals surface area contributed by atoms with Crippen LogP contribution in [-0.4, -0.2) is 24.5 Å². The first-order chi connectivity index (χ1) is 9.47. The van der Waals surface area contributed by atoms with Crippen LogP contribution in [0.25, 0.3) is 6.08 Å². The van der Waals surface area contributed by atoms with E-state index in [0.717, 1.165) is 6.08 Å². The number of imide groups is 2. The number of alkyl halides is 2. The summed E-state index contributed by atoms with van der Waals surface area (Å²) in [6.45, 7) is -3.04. The fraction of sp³-hybridized carbons (Fsp3) is 0.0833. The minimum atomic E-state index is -3.04. The summed E-state index contributed by atoms with van der Waals surface area (Å²) in [5, 5.41) is 3.75. The van der Waals surface area contributed by atoms with Crippen molar-refractivity contribution in [2.45, 2.75) is 6.61 Å². The third-order valence-electron chi connectivity index (χ3n) is 2.38. The summed E-state index contributed by atoms with van der Waals surface area (Å²) in [7, 11) is 0. The zero-order chi connectivity index (χ0) is 14.7. The number of amides is 4. The Morgan fingerprint density at radius 1 is 1.05 bits per heavy atom. The lowest BCUT2D eigenvalue weighted by Crippen LogP contribution is -2.51. The van der Waals surface area contributed by atoms with Gasteiger partial charge in [0.2, 0.25) is 0 Å². The summed E-state index contributed by atoms with van der Waals surface area (Å²) in [4.78, 5) is 33.9. The van der Waals surface area contributed by atoms with E-state index < -0.39 is 24.5 Å². The second kappa shape index (κ2) is 5.47. The first kappa shape index (κ1) is 13.7.